The van der Waals surface area contributed by atoms with Crippen molar-refractivity contribution in [2.45, 2.75) is 13.8 Å². The van der Waals surface area contributed by atoms with E-state index in [1.54, 1.807) is 45.2 Å². The van der Waals surface area contributed by atoms with Gasteiger partial charge in [0.1, 0.15) is 11.9 Å². The first-order chi connectivity index (χ1) is 9.05. The van der Waals surface area contributed by atoms with Gasteiger partial charge in [-0.05, 0) is 38.1 Å². The Morgan fingerprint density at radius 2 is 1.79 bits per heavy atom. The smallest absolute Gasteiger partial charge is 0.315 e. The summed E-state index contributed by atoms with van der Waals surface area (Å²) >= 11 is 0. The molecule has 1 rings (SSSR count). The van der Waals surface area contributed by atoms with Crippen molar-refractivity contribution in [2.75, 3.05) is 26.5 Å². The molecule has 0 amide bonds. The molecule has 5 nitrogen and oxygen atoms in total. The lowest BCUT2D eigenvalue weighted by Gasteiger charge is -2.17. The van der Waals surface area contributed by atoms with Gasteiger partial charge in [0.05, 0.1) is 20.3 Å². The summed E-state index contributed by atoms with van der Waals surface area (Å²) in [6, 6.07) is 6.67. The topological polar surface area (TPSA) is 61.8 Å². The zero-order valence-electron chi connectivity index (χ0n) is 11.4. The van der Waals surface area contributed by atoms with Crippen molar-refractivity contribution in [1.29, 1.82) is 0 Å². The number of hydrogen-bond donors (Lipinski definition) is 0. The lowest BCUT2D eigenvalue weighted by atomic mass is 10.3. The van der Waals surface area contributed by atoms with Gasteiger partial charge < -0.3 is 14.0 Å². The van der Waals surface area contributed by atoms with Gasteiger partial charge in [0, 0.05) is 5.30 Å². The molecule has 0 spiro atoms. The van der Waals surface area contributed by atoms with Crippen LogP contribution in [0.25, 0.3) is 0 Å². The maximum Gasteiger partial charge on any atom is 0.315 e. The normalized spacial score (nSPS) is 13.6. The van der Waals surface area contributed by atoms with Crippen molar-refractivity contribution in [3.63, 3.8) is 0 Å². The summed E-state index contributed by atoms with van der Waals surface area (Å²) in [5.41, 5.74) is 0. The summed E-state index contributed by atoms with van der Waals surface area (Å²) < 4.78 is 27.9. The molecule has 0 saturated carbocycles. The summed E-state index contributed by atoms with van der Waals surface area (Å²) in [4.78, 5) is 11.5. The van der Waals surface area contributed by atoms with E-state index in [4.69, 9.17) is 14.0 Å². The van der Waals surface area contributed by atoms with Crippen LogP contribution in [0.4, 0.5) is 0 Å². The molecule has 19 heavy (non-hydrogen) atoms. The van der Waals surface area contributed by atoms with Crippen molar-refractivity contribution in [3.8, 4) is 5.75 Å². The van der Waals surface area contributed by atoms with Crippen LogP contribution in [0.1, 0.15) is 13.8 Å². The van der Waals surface area contributed by atoms with Crippen molar-refractivity contribution >= 4 is 18.6 Å². The van der Waals surface area contributed by atoms with E-state index < -0.39 is 13.3 Å². The van der Waals surface area contributed by atoms with E-state index in [1.165, 1.54) is 0 Å². The molecule has 6 heteroatoms. The second-order valence-electron chi connectivity index (χ2n) is 3.75. The minimum Gasteiger partial charge on any atom is -0.497 e. The Bertz CT molecular complexity index is 455. The van der Waals surface area contributed by atoms with Gasteiger partial charge in [-0.25, -0.2) is 0 Å². The zero-order chi connectivity index (χ0) is 14.3. The Labute approximate surface area is 113 Å². The molecule has 1 aromatic carbocycles. The van der Waals surface area contributed by atoms with Crippen LogP contribution in [-0.2, 0) is 18.6 Å². The lowest BCUT2D eigenvalue weighted by molar-refractivity contribution is -0.140. The van der Waals surface area contributed by atoms with E-state index in [-0.39, 0.29) is 19.4 Å². The number of methoxy groups -OCH3 is 1. The number of carbonyl (C=O) groups is 1. The van der Waals surface area contributed by atoms with E-state index in [0.29, 0.717) is 11.1 Å². The number of carbonyl (C=O) groups excluding carboxylic acids is 1. The largest absolute Gasteiger partial charge is 0.497 e. The first-order valence-corrected chi connectivity index (χ1v) is 7.90. The molecular weight excluding hydrogens is 267 g/mol. The lowest BCUT2D eigenvalue weighted by Crippen LogP contribution is -2.18. The summed E-state index contributed by atoms with van der Waals surface area (Å²) in [6.45, 7) is 3.97. The molecule has 1 aromatic rings. The number of hydrogen-bond acceptors (Lipinski definition) is 5. The Morgan fingerprint density at radius 3 is 2.26 bits per heavy atom. The average molecular weight is 286 g/mol. The highest BCUT2D eigenvalue weighted by Gasteiger charge is 2.29. The van der Waals surface area contributed by atoms with Crippen molar-refractivity contribution in [2.24, 2.45) is 0 Å². The first kappa shape index (κ1) is 15.7. The van der Waals surface area contributed by atoms with Crippen LogP contribution >= 0.6 is 7.37 Å². The average Bonchev–Trinajstić information content (AvgIpc) is 2.39. The Balaban J connectivity index is 2.96. The third-order valence-corrected chi connectivity index (χ3v) is 4.88. The van der Waals surface area contributed by atoms with E-state index in [9.17, 15) is 9.36 Å². The first-order valence-electron chi connectivity index (χ1n) is 6.09. The molecule has 1 atom stereocenters. The second-order valence-corrected chi connectivity index (χ2v) is 6.19. The van der Waals surface area contributed by atoms with Crippen LogP contribution in [0.15, 0.2) is 24.3 Å². The fourth-order valence-corrected chi connectivity index (χ4v) is 3.48. The predicted octanol–water partition coefficient (Wildman–Crippen LogP) is 2.20. The van der Waals surface area contributed by atoms with Crippen LogP contribution < -0.4 is 10.0 Å². The summed E-state index contributed by atoms with van der Waals surface area (Å²) in [5.74, 6) is 0.137. The molecule has 0 aliphatic rings. The standard InChI is InChI=1S/C13H19O5P/c1-4-17-13(14)10-19(15,18-5-2)12-8-6-11(16-3)7-9-12/h6-9H,4-5,10H2,1-3H3. The van der Waals surface area contributed by atoms with E-state index in [0.717, 1.165) is 0 Å². The van der Waals surface area contributed by atoms with Crippen LogP contribution in [-0.4, -0.2) is 32.5 Å². The number of esters is 1. The second kappa shape index (κ2) is 7.31. The highest BCUT2D eigenvalue weighted by atomic mass is 31.2. The van der Waals surface area contributed by atoms with Crippen molar-refractivity contribution in [3.05, 3.63) is 24.3 Å². The number of rotatable bonds is 7. The fourth-order valence-electron chi connectivity index (χ4n) is 1.61. The summed E-state index contributed by atoms with van der Waals surface area (Å²) in [7, 11) is -1.67. The molecule has 1 unspecified atom stereocenters. The highest BCUT2D eigenvalue weighted by Crippen LogP contribution is 2.45. The van der Waals surface area contributed by atoms with E-state index in [1.807, 2.05) is 0 Å². The molecule has 0 aliphatic carbocycles. The molecule has 0 saturated heterocycles. The number of ether oxygens (including phenoxy) is 2. The van der Waals surface area contributed by atoms with Crippen LogP contribution in [0, 0.1) is 0 Å². The van der Waals surface area contributed by atoms with Gasteiger partial charge in [-0.1, -0.05) is 0 Å². The van der Waals surface area contributed by atoms with Crippen LogP contribution in [0.5, 0.6) is 5.75 Å². The highest BCUT2D eigenvalue weighted by molar-refractivity contribution is 7.67. The minimum atomic E-state index is -3.22. The third-order valence-electron chi connectivity index (χ3n) is 2.45. The van der Waals surface area contributed by atoms with Crippen molar-refractivity contribution in [1.82, 2.24) is 0 Å². The van der Waals surface area contributed by atoms with Gasteiger partial charge in [-0.3, -0.25) is 9.36 Å². The van der Waals surface area contributed by atoms with Gasteiger partial charge in [0.15, 0.2) is 0 Å². The molecule has 0 aromatic heterocycles. The van der Waals surface area contributed by atoms with Crippen molar-refractivity contribution < 1.29 is 23.4 Å². The maximum absolute atomic E-state index is 12.7. The molecule has 0 radical (unpaired) electrons. The molecule has 0 bridgehead atoms. The molecule has 0 fully saturated rings. The molecule has 0 N–H and O–H groups in total. The Morgan fingerprint density at radius 1 is 1.16 bits per heavy atom. The summed E-state index contributed by atoms with van der Waals surface area (Å²) in [5, 5.41) is 0.489. The number of benzene rings is 1. The predicted molar refractivity (Wildman–Crippen MR) is 73.4 cm³/mol. The minimum absolute atomic E-state index is 0.249. The van der Waals surface area contributed by atoms with Gasteiger partial charge >= 0.3 is 5.97 Å². The van der Waals surface area contributed by atoms with E-state index in [2.05, 4.69) is 0 Å². The zero-order valence-corrected chi connectivity index (χ0v) is 12.3. The van der Waals surface area contributed by atoms with Gasteiger partial charge in [0.25, 0.3) is 0 Å². The fraction of sp³-hybridized carbons (Fsp3) is 0.462. The van der Waals surface area contributed by atoms with E-state index >= 15 is 0 Å². The molecule has 0 heterocycles. The third kappa shape index (κ3) is 4.37. The molecule has 106 valence electrons. The Kier molecular flexibility index (Phi) is 6.06. The van der Waals surface area contributed by atoms with Crippen LogP contribution in [0.3, 0.4) is 0 Å². The maximum atomic E-state index is 12.7. The quantitative estimate of drug-likeness (QED) is 0.568. The van der Waals surface area contributed by atoms with Gasteiger partial charge in [0.2, 0.25) is 7.37 Å². The van der Waals surface area contributed by atoms with Gasteiger partial charge in [-0.2, -0.15) is 0 Å². The van der Waals surface area contributed by atoms with Gasteiger partial charge in [-0.15, -0.1) is 0 Å². The molecule has 0 aliphatic heterocycles. The van der Waals surface area contributed by atoms with Crippen LogP contribution in [0.2, 0.25) is 0 Å². The SMILES string of the molecule is CCOC(=O)CP(=O)(OCC)c1ccc(OC)cc1. The summed E-state index contributed by atoms with van der Waals surface area (Å²) in [6.07, 6.45) is -0.249. The Hall–Kier alpha value is -1.32. The monoisotopic (exact) mass is 286 g/mol. The molecular formula is C13H19O5P.